The van der Waals surface area contributed by atoms with Gasteiger partial charge in [-0.05, 0) is 18.9 Å². The second-order valence-electron chi connectivity index (χ2n) is 3.74. The Balaban J connectivity index is 4.43. The van der Waals surface area contributed by atoms with Crippen LogP contribution in [0.3, 0.4) is 0 Å². The highest BCUT2D eigenvalue weighted by Crippen LogP contribution is 2.13. The van der Waals surface area contributed by atoms with Crippen LogP contribution in [-0.2, 0) is 0 Å². The van der Waals surface area contributed by atoms with E-state index in [2.05, 4.69) is 18.8 Å². The van der Waals surface area contributed by atoms with Crippen LogP contribution in [0.4, 0.5) is 0 Å². The molecular weight excluding hydrogens is 216 g/mol. The van der Waals surface area contributed by atoms with E-state index in [0.29, 0.717) is 5.92 Å². The maximum atomic E-state index is 6.12. The van der Waals surface area contributed by atoms with E-state index < -0.39 is 0 Å². The number of nitrogens with one attached hydrogen (secondary N) is 1. The summed E-state index contributed by atoms with van der Waals surface area (Å²) < 4.78 is 0. The molecule has 0 aromatic carbocycles. The molecule has 3 N–H and O–H groups in total. The summed E-state index contributed by atoms with van der Waals surface area (Å²) in [5.74, 6) is 0.294. The zero-order valence-electron chi connectivity index (χ0n) is 10.4. The normalized spacial score (nSPS) is 15.9. The van der Waals surface area contributed by atoms with E-state index in [-0.39, 0.29) is 6.04 Å². The summed E-state index contributed by atoms with van der Waals surface area (Å²) >= 11 is 5.19. The number of allylic oxidation sites excluding steroid dienone is 3. The molecule has 3 heteroatoms. The topological polar surface area (TPSA) is 38.0 Å². The van der Waals surface area contributed by atoms with Gasteiger partial charge < -0.3 is 11.1 Å². The molecule has 0 saturated heterocycles. The molecule has 2 atom stereocenters. The van der Waals surface area contributed by atoms with E-state index in [1.54, 1.807) is 6.08 Å². The Bertz CT molecular complexity index is 292. The van der Waals surface area contributed by atoms with Crippen LogP contribution < -0.4 is 11.1 Å². The van der Waals surface area contributed by atoms with E-state index in [1.807, 2.05) is 32.2 Å². The number of hydrogen-bond donors (Lipinski definition) is 2. The summed E-state index contributed by atoms with van der Waals surface area (Å²) in [6, 6.07) is 0.0162. The fraction of sp³-hybridized carbons (Fsp3) is 0.462. The quantitative estimate of drug-likeness (QED) is 0.552. The molecule has 0 fully saturated rings. The zero-order valence-corrected chi connectivity index (χ0v) is 11.2. The van der Waals surface area contributed by atoms with Crippen molar-refractivity contribution in [1.29, 1.82) is 0 Å². The van der Waals surface area contributed by atoms with E-state index >= 15 is 0 Å². The highest BCUT2D eigenvalue weighted by molar-refractivity contribution is 7.80. The van der Waals surface area contributed by atoms with Gasteiger partial charge in [-0.2, -0.15) is 0 Å². The van der Waals surface area contributed by atoms with E-state index in [0.717, 1.165) is 17.0 Å². The monoisotopic (exact) mass is 238 g/mol. The Morgan fingerprint density at radius 3 is 2.62 bits per heavy atom. The van der Waals surface area contributed by atoms with Crippen LogP contribution in [0.5, 0.6) is 0 Å². The predicted molar refractivity (Wildman–Crippen MR) is 76.5 cm³/mol. The maximum absolute atomic E-state index is 6.12. The fourth-order valence-corrected chi connectivity index (χ4v) is 1.58. The molecule has 0 amide bonds. The van der Waals surface area contributed by atoms with Crippen molar-refractivity contribution in [2.75, 3.05) is 7.05 Å². The van der Waals surface area contributed by atoms with Gasteiger partial charge in [-0.25, -0.2) is 0 Å². The molecule has 0 heterocycles. The van der Waals surface area contributed by atoms with Crippen molar-refractivity contribution in [3.05, 3.63) is 36.5 Å². The lowest BCUT2D eigenvalue weighted by molar-refractivity contribution is 0.604. The van der Waals surface area contributed by atoms with Crippen LogP contribution >= 0.6 is 12.2 Å². The molecule has 90 valence electrons. The molecule has 0 aromatic heterocycles. The Labute approximate surface area is 104 Å². The van der Waals surface area contributed by atoms with Crippen molar-refractivity contribution >= 4 is 17.2 Å². The van der Waals surface area contributed by atoms with Gasteiger partial charge in [0.05, 0.1) is 4.99 Å². The standard InChI is InChI=1S/C13H22N2S/c1-5-7-8-11(6-2)12(14)9-10(3)13(16)15-4/h5-8,10,12H,1,9,14H2,2-4H3,(H,15,16)/b8-7-,11-6+. The zero-order chi connectivity index (χ0) is 12.6. The third-order valence-electron chi connectivity index (χ3n) is 2.49. The first kappa shape index (κ1) is 15.1. The SMILES string of the molecule is C=C/C=C\C(=C/C)C(N)CC(C)C(=S)NC. The minimum atomic E-state index is 0.0162. The average molecular weight is 238 g/mol. The Kier molecular flexibility index (Phi) is 7.77. The minimum Gasteiger partial charge on any atom is -0.383 e. The lowest BCUT2D eigenvalue weighted by Gasteiger charge is -2.18. The van der Waals surface area contributed by atoms with Crippen molar-refractivity contribution in [2.45, 2.75) is 26.3 Å². The third-order valence-corrected chi connectivity index (χ3v) is 3.09. The minimum absolute atomic E-state index is 0.0162. The number of hydrogen-bond acceptors (Lipinski definition) is 2. The predicted octanol–water partition coefficient (Wildman–Crippen LogP) is 2.58. The largest absolute Gasteiger partial charge is 0.383 e. The van der Waals surface area contributed by atoms with Crippen LogP contribution in [0, 0.1) is 5.92 Å². The van der Waals surface area contributed by atoms with Gasteiger partial charge in [0.1, 0.15) is 0 Å². The summed E-state index contributed by atoms with van der Waals surface area (Å²) in [4.78, 5) is 0.860. The maximum Gasteiger partial charge on any atom is 0.0780 e. The number of nitrogens with two attached hydrogens (primary N) is 1. The first-order valence-corrected chi connectivity index (χ1v) is 5.90. The van der Waals surface area contributed by atoms with Crippen LogP contribution in [0.15, 0.2) is 36.5 Å². The van der Waals surface area contributed by atoms with Gasteiger partial charge in [0, 0.05) is 19.0 Å². The molecule has 0 spiro atoms. The van der Waals surface area contributed by atoms with Gasteiger partial charge in [0.25, 0.3) is 0 Å². The van der Waals surface area contributed by atoms with E-state index in [9.17, 15) is 0 Å². The molecule has 0 aromatic rings. The molecule has 0 rings (SSSR count). The van der Waals surface area contributed by atoms with Crippen LogP contribution in [0.25, 0.3) is 0 Å². The van der Waals surface area contributed by atoms with Crippen molar-refractivity contribution in [2.24, 2.45) is 11.7 Å². The Hall–Kier alpha value is -0.930. The van der Waals surface area contributed by atoms with Crippen molar-refractivity contribution in [3.8, 4) is 0 Å². The fourth-order valence-electron chi connectivity index (χ4n) is 1.48. The smallest absolute Gasteiger partial charge is 0.0780 e. The summed E-state index contributed by atoms with van der Waals surface area (Å²) in [7, 11) is 1.85. The van der Waals surface area contributed by atoms with Gasteiger partial charge in [0.2, 0.25) is 0 Å². The summed E-state index contributed by atoms with van der Waals surface area (Å²) in [5, 5.41) is 2.99. The molecule has 16 heavy (non-hydrogen) atoms. The summed E-state index contributed by atoms with van der Waals surface area (Å²) in [5.41, 5.74) is 7.24. The second-order valence-corrected chi connectivity index (χ2v) is 4.18. The molecular formula is C13H22N2S. The number of thiocarbonyl (C=S) groups is 1. The lowest BCUT2D eigenvalue weighted by Crippen LogP contribution is -2.31. The van der Waals surface area contributed by atoms with Gasteiger partial charge in [-0.3, -0.25) is 0 Å². The van der Waals surface area contributed by atoms with Gasteiger partial charge in [0.15, 0.2) is 0 Å². The molecule has 2 unspecified atom stereocenters. The number of rotatable bonds is 6. The van der Waals surface area contributed by atoms with Gasteiger partial charge in [-0.15, -0.1) is 0 Å². The summed E-state index contributed by atoms with van der Waals surface area (Å²) in [6.07, 6.45) is 8.52. The second kappa shape index (κ2) is 8.25. The molecule has 2 nitrogen and oxygen atoms in total. The van der Waals surface area contributed by atoms with E-state index in [4.69, 9.17) is 18.0 Å². The molecule has 0 radical (unpaired) electrons. The highest BCUT2D eigenvalue weighted by atomic mass is 32.1. The van der Waals surface area contributed by atoms with Crippen molar-refractivity contribution < 1.29 is 0 Å². The van der Waals surface area contributed by atoms with Crippen LogP contribution in [0.1, 0.15) is 20.3 Å². The van der Waals surface area contributed by atoms with Crippen LogP contribution in [-0.4, -0.2) is 18.1 Å². The molecule has 0 aliphatic carbocycles. The van der Waals surface area contributed by atoms with Crippen molar-refractivity contribution in [1.82, 2.24) is 5.32 Å². The van der Waals surface area contributed by atoms with Crippen molar-refractivity contribution in [3.63, 3.8) is 0 Å². The molecule has 0 aliphatic heterocycles. The summed E-state index contributed by atoms with van der Waals surface area (Å²) in [6.45, 7) is 7.72. The molecule has 0 bridgehead atoms. The molecule has 0 aliphatic rings. The third kappa shape index (κ3) is 5.24. The first-order chi connectivity index (χ1) is 7.56. The first-order valence-electron chi connectivity index (χ1n) is 5.49. The Morgan fingerprint density at radius 2 is 2.19 bits per heavy atom. The Morgan fingerprint density at radius 1 is 1.56 bits per heavy atom. The van der Waals surface area contributed by atoms with Gasteiger partial charge in [-0.1, -0.05) is 50.0 Å². The lowest BCUT2D eigenvalue weighted by atomic mass is 9.96. The average Bonchev–Trinajstić information content (AvgIpc) is 2.28. The molecule has 0 saturated carbocycles. The van der Waals surface area contributed by atoms with Gasteiger partial charge >= 0.3 is 0 Å². The highest BCUT2D eigenvalue weighted by Gasteiger charge is 2.14. The van der Waals surface area contributed by atoms with Crippen LogP contribution in [0.2, 0.25) is 0 Å². The van der Waals surface area contributed by atoms with E-state index in [1.165, 1.54) is 0 Å².